The number of rotatable bonds is 0. The summed E-state index contributed by atoms with van der Waals surface area (Å²) < 4.78 is 0. The van der Waals surface area contributed by atoms with Gasteiger partial charge in [-0.1, -0.05) is 0 Å². The molecule has 0 aromatic carbocycles. The Hall–Kier alpha value is -0.880. The van der Waals surface area contributed by atoms with Crippen LogP contribution in [0.4, 0.5) is 0 Å². The maximum atomic E-state index is 7.32. The van der Waals surface area contributed by atoms with Crippen LogP contribution in [0.2, 0.25) is 0 Å². The van der Waals surface area contributed by atoms with Crippen LogP contribution in [0.25, 0.3) is 0 Å². The van der Waals surface area contributed by atoms with E-state index in [4.69, 9.17) is 5.26 Å². The van der Waals surface area contributed by atoms with Crippen LogP contribution in [0.5, 0.6) is 0 Å². The summed E-state index contributed by atoms with van der Waals surface area (Å²) in [5.41, 5.74) is 1.79. The van der Waals surface area contributed by atoms with Crippen molar-refractivity contribution in [2.24, 2.45) is 0 Å². The summed E-state index contributed by atoms with van der Waals surface area (Å²) in [4.78, 5) is 3.74. The molecule has 0 fully saturated rings. The van der Waals surface area contributed by atoms with E-state index in [0.717, 1.165) is 0 Å². The minimum atomic E-state index is 1.43. The predicted octanol–water partition coefficient (Wildman–Crippen LogP) is 1.67. The van der Waals surface area contributed by atoms with Gasteiger partial charge in [-0.2, -0.15) is 5.26 Å². The van der Waals surface area contributed by atoms with Crippen molar-refractivity contribution in [3.05, 3.63) is 17.1 Å². The van der Waals surface area contributed by atoms with Crippen molar-refractivity contribution < 1.29 is 0 Å². The second-order valence-electron chi connectivity index (χ2n) is 0.899. The van der Waals surface area contributed by atoms with Gasteiger partial charge in [-0.05, 0) is 0 Å². The molecule has 42 valence electrons. The monoisotopic (exact) mass is 126 g/mol. The lowest BCUT2D eigenvalue weighted by Crippen LogP contribution is -1.38. The third-order valence-corrected chi connectivity index (χ3v) is 0.869. The van der Waals surface area contributed by atoms with E-state index in [1.165, 1.54) is 6.92 Å². The Balaban J connectivity index is 0.000000145. The van der Waals surface area contributed by atoms with E-state index in [2.05, 4.69) is 4.98 Å². The van der Waals surface area contributed by atoms with Gasteiger partial charge in [0.15, 0.2) is 0 Å². The largest absolute Gasteiger partial charge is 0.253 e. The van der Waals surface area contributed by atoms with Crippen molar-refractivity contribution in [1.82, 2.24) is 4.98 Å². The summed E-state index contributed by atoms with van der Waals surface area (Å²) in [6.45, 7) is 1.43. The summed E-state index contributed by atoms with van der Waals surface area (Å²) in [5.74, 6) is 0. The number of nitriles is 1. The number of hydrogen-bond donors (Lipinski definition) is 0. The zero-order chi connectivity index (χ0) is 6.24. The van der Waals surface area contributed by atoms with Crippen LogP contribution in [0, 0.1) is 11.3 Å². The van der Waals surface area contributed by atoms with Crippen LogP contribution in [0.15, 0.2) is 17.1 Å². The van der Waals surface area contributed by atoms with E-state index in [0.29, 0.717) is 0 Å². The summed E-state index contributed by atoms with van der Waals surface area (Å²) in [7, 11) is 0. The van der Waals surface area contributed by atoms with Crippen molar-refractivity contribution in [3.63, 3.8) is 0 Å². The maximum Gasteiger partial charge on any atom is 0.0791 e. The first-order valence-electron chi connectivity index (χ1n) is 2.04. The van der Waals surface area contributed by atoms with Crippen LogP contribution in [-0.4, -0.2) is 4.98 Å². The fourth-order valence-electron chi connectivity index (χ4n) is 0.176. The normalized spacial score (nSPS) is 6.00. The number of nitrogens with zero attached hydrogens (tertiary/aromatic N) is 2. The van der Waals surface area contributed by atoms with Crippen molar-refractivity contribution in [2.75, 3.05) is 0 Å². The van der Waals surface area contributed by atoms with Crippen LogP contribution < -0.4 is 0 Å². The molecule has 0 N–H and O–H groups in total. The Labute approximate surface area is 52.4 Å². The molecule has 1 aromatic rings. The van der Waals surface area contributed by atoms with Crippen molar-refractivity contribution in [3.8, 4) is 6.07 Å². The summed E-state index contributed by atoms with van der Waals surface area (Å²) in [5, 5.41) is 9.25. The molecule has 0 aliphatic heterocycles. The Morgan fingerprint density at radius 1 is 1.75 bits per heavy atom. The van der Waals surface area contributed by atoms with Gasteiger partial charge < -0.3 is 0 Å². The second-order valence-corrected chi connectivity index (χ2v) is 1.65. The van der Waals surface area contributed by atoms with Gasteiger partial charge in [0.1, 0.15) is 0 Å². The molecule has 0 spiro atoms. The molecule has 0 unspecified atom stereocenters. The first-order chi connectivity index (χ1) is 3.91. The summed E-state index contributed by atoms with van der Waals surface area (Å²) >= 11 is 1.60. The molecule has 0 saturated carbocycles. The van der Waals surface area contributed by atoms with Gasteiger partial charge >= 0.3 is 0 Å². The molecule has 8 heavy (non-hydrogen) atoms. The first-order valence-corrected chi connectivity index (χ1v) is 2.99. The molecule has 3 heteroatoms. The van der Waals surface area contributed by atoms with Crippen molar-refractivity contribution in [1.29, 1.82) is 5.26 Å². The number of hydrogen-bond acceptors (Lipinski definition) is 3. The zero-order valence-electron chi connectivity index (χ0n) is 4.53. The molecule has 0 radical (unpaired) electrons. The lowest BCUT2D eigenvalue weighted by atomic mass is 11.0. The third-order valence-electron chi connectivity index (χ3n) is 0.347. The second kappa shape index (κ2) is 6.12. The van der Waals surface area contributed by atoms with Crippen molar-refractivity contribution >= 4 is 11.3 Å². The van der Waals surface area contributed by atoms with E-state index < -0.39 is 0 Å². The minimum Gasteiger partial charge on any atom is -0.253 e. The van der Waals surface area contributed by atoms with Crippen LogP contribution in [0.3, 0.4) is 0 Å². The highest BCUT2D eigenvalue weighted by molar-refractivity contribution is 7.07. The molecule has 0 amide bonds. The van der Waals surface area contributed by atoms with Gasteiger partial charge in [0.05, 0.1) is 11.6 Å². The lowest BCUT2D eigenvalue weighted by Gasteiger charge is -1.41. The van der Waals surface area contributed by atoms with Crippen LogP contribution in [0.1, 0.15) is 6.92 Å². The third kappa shape index (κ3) is 5.12. The summed E-state index contributed by atoms with van der Waals surface area (Å²) in [6.07, 6.45) is 1.77. The van der Waals surface area contributed by atoms with Gasteiger partial charge in [-0.15, -0.1) is 11.3 Å². The Morgan fingerprint density at radius 3 is 2.50 bits per heavy atom. The highest BCUT2D eigenvalue weighted by atomic mass is 32.1. The van der Waals surface area contributed by atoms with Crippen molar-refractivity contribution in [2.45, 2.75) is 6.92 Å². The molecule has 0 aliphatic carbocycles. The average Bonchev–Trinajstić information content (AvgIpc) is 2.17. The molecule has 0 bridgehead atoms. The maximum absolute atomic E-state index is 7.32. The Bertz CT molecular complexity index is 123. The molecular weight excluding hydrogens is 120 g/mol. The van der Waals surface area contributed by atoms with Gasteiger partial charge in [0.2, 0.25) is 0 Å². The summed E-state index contributed by atoms with van der Waals surface area (Å²) in [6, 6.07) is 1.75. The van der Waals surface area contributed by atoms with E-state index >= 15 is 0 Å². The smallest absolute Gasteiger partial charge is 0.0791 e. The van der Waals surface area contributed by atoms with Crippen LogP contribution >= 0.6 is 11.3 Å². The van der Waals surface area contributed by atoms with Gasteiger partial charge in [-0.25, -0.2) is 0 Å². The molecule has 0 aliphatic rings. The minimum absolute atomic E-state index is 1.43. The molecule has 1 heterocycles. The molecule has 2 nitrogen and oxygen atoms in total. The standard InChI is InChI=1S/C3H3NS.C2H3N/c1-2-5-3-4-1;1-2-3/h1-3H;1H3. The zero-order valence-corrected chi connectivity index (χ0v) is 5.35. The molecule has 0 atom stereocenters. The molecule has 1 rings (SSSR count). The van der Waals surface area contributed by atoms with Crippen LogP contribution in [-0.2, 0) is 0 Å². The number of thiazole rings is 1. The quantitative estimate of drug-likeness (QED) is 0.530. The Kier molecular flexibility index (Phi) is 5.45. The average molecular weight is 126 g/mol. The van der Waals surface area contributed by atoms with Gasteiger partial charge in [-0.3, -0.25) is 4.98 Å². The van der Waals surface area contributed by atoms with E-state index in [9.17, 15) is 0 Å². The Morgan fingerprint density at radius 2 is 2.38 bits per heavy atom. The predicted molar refractivity (Wildman–Crippen MR) is 33.4 cm³/mol. The van der Waals surface area contributed by atoms with Gasteiger partial charge in [0, 0.05) is 18.5 Å². The highest BCUT2D eigenvalue weighted by Gasteiger charge is 1.59. The SMILES string of the molecule is CC#N.c1cscn1. The number of aromatic nitrogens is 1. The lowest BCUT2D eigenvalue weighted by molar-refractivity contribution is 1.43. The first kappa shape index (κ1) is 7.12. The van der Waals surface area contributed by atoms with E-state index in [-0.39, 0.29) is 0 Å². The van der Waals surface area contributed by atoms with E-state index in [1.54, 1.807) is 29.1 Å². The fourth-order valence-corrected chi connectivity index (χ4v) is 0.527. The highest BCUT2D eigenvalue weighted by Crippen LogP contribution is 1.85. The van der Waals surface area contributed by atoms with Gasteiger partial charge in [0.25, 0.3) is 0 Å². The molecule has 0 saturated heterocycles. The molecular formula is C5H6N2S. The molecule has 1 aromatic heterocycles. The van der Waals surface area contributed by atoms with E-state index in [1.807, 2.05) is 5.38 Å². The fraction of sp³-hybridized carbons (Fsp3) is 0.200. The topological polar surface area (TPSA) is 36.7 Å².